The van der Waals surface area contributed by atoms with E-state index in [1.54, 1.807) is 0 Å². The Morgan fingerprint density at radius 2 is 1.69 bits per heavy atom. The molecule has 0 bridgehead atoms. The van der Waals surface area contributed by atoms with E-state index in [4.69, 9.17) is 11.1 Å². The lowest BCUT2D eigenvalue weighted by molar-refractivity contribution is 0.122. The Bertz CT molecular complexity index is 369. The number of hydrogen-bond donors (Lipinski definition) is 2. The van der Waals surface area contributed by atoms with Gasteiger partial charge in [0.1, 0.15) is 5.84 Å². The van der Waals surface area contributed by atoms with Gasteiger partial charge in [-0.25, -0.2) is 8.42 Å². The average Bonchev–Trinajstić information content (AvgIpc) is 2.16. The lowest BCUT2D eigenvalue weighted by Gasteiger charge is -2.42. The molecule has 94 valence electrons. The number of nitrogens with two attached hydrogens (primary N) is 1. The van der Waals surface area contributed by atoms with Gasteiger partial charge in [-0.1, -0.05) is 0 Å². The van der Waals surface area contributed by atoms with Crippen LogP contribution >= 0.6 is 0 Å². The maximum Gasteiger partial charge on any atom is 0.211 e. The molecule has 0 saturated carbocycles. The van der Waals surface area contributed by atoms with Crippen LogP contribution in [0.25, 0.3) is 0 Å². The molecule has 6 nitrogen and oxygen atoms in total. The van der Waals surface area contributed by atoms with Crippen molar-refractivity contribution < 1.29 is 8.42 Å². The zero-order valence-corrected chi connectivity index (χ0v) is 10.8. The van der Waals surface area contributed by atoms with Crippen LogP contribution in [0.4, 0.5) is 0 Å². The fourth-order valence-electron chi connectivity index (χ4n) is 1.75. The molecule has 1 saturated heterocycles. The van der Waals surface area contributed by atoms with Crippen LogP contribution < -0.4 is 5.73 Å². The van der Waals surface area contributed by atoms with Crippen LogP contribution in [0.1, 0.15) is 13.8 Å². The number of nitrogens with one attached hydrogen (secondary N) is 1. The van der Waals surface area contributed by atoms with E-state index in [-0.39, 0.29) is 5.84 Å². The van der Waals surface area contributed by atoms with E-state index in [0.29, 0.717) is 26.2 Å². The summed E-state index contributed by atoms with van der Waals surface area (Å²) in [6.45, 7) is 5.92. The number of rotatable bonds is 3. The highest BCUT2D eigenvalue weighted by atomic mass is 32.2. The summed E-state index contributed by atoms with van der Waals surface area (Å²) in [5, 5.41) is 7.51. The van der Waals surface area contributed by atoms with Crippen molar-refractivity contribution in [2.45, 2.75) is 19.4 Å². The first-order chi connectivity index (χ1) is 7.15. The normalized spacial score (nSPS) is 20.9. The van der Waals surface area contributed by atoms with Crippen LogP contribution in [0, 0.1) is 5.41 Å². The van der Waals surface area contributed by atoms with Gasteiger partial charge in [-0.15, -0.1) is 0 Å². The molecule has 0 unspecified atom stereocenters. The van der Waals surface area contributed by atoms with Crippen molar-refractivity contribution in [2.24, 2.45) is 5.73 Å². The number of hydrogen-bond acceptors (Lipinski definition) is 4. The van der Waals surface area contributed by atoms with Gasteiger partial charge in [0.2, 0.25) is 10.0 Å². The van der Waals surface area contributed by atoms with Gasteiger partial charge in [-0.2, -0.15) is 4.31 Å². The zero-order chi connectivity index (χ0) is 12.6. The third kappa shape index (κ3) is 2.72. The third-order valence-electron chi connectivity index (χ3n) is 3.16. The Labute approximate surface area is 97.0 Å². The maximum absolute atomic E-state index is 11.3. The van der Waals surface area contributed by atoms with Gasteiger partial charge in [0, 0.05) is 26.2 Å². The fraction of sp³-hybridized carbons (Fsp3) is 0.889. The smallest absolute Gasteiger partial charge is 0.211 e. The molecule has 1 aliphatic rings. The standard InChI is InChI=1S/C9H20N4O2S/c1-9(2,8(10)11)12-4-6-13(7-5-12)16(3,14)15/h4-7H2,1-3H3,(H3,10,11). The van der Waals surface area contributed by atoms with Crippen LogP contribution in [-0.2, 0) is 10.0 Å². The molecule has 16 heavy (non-hydrogen) atoms. The van der Waals surface area contributed by atoms with Gasteiger partial charge in [0.25, 0.3) is 0 Å². The minimum absolute atomic E-state index is 0.111. The van der Waals surface area contributed by atoms with Crippen molar-refractivity contribution >= 4 is 15.9 Å². The topological polar surface area (TPSA) is 90.5 Å². The lowest BCUT2D eigenvalue weighted by Crippen LogP contribution is -2.60. The predicted octanol–water partition coefficient (Wildman–Crippen LogP) is -0.722. The molecule has 1 heterocycles. The summed E-state index contributed by atoms with van der Waals surface area (Å²) in [5.41, 5.74) is 5.03. The van der Waals surface area contributed by atoms with E-state index in [1.807, 2.05) is 18.7 Å². The quantitative estimate of drug-likeness (QED) is 0.509. The van der Waals surface area contributed by atoms with E-state index in [2.05, 4.69) is 0 Å². The molecule has 7 heteroatoms. The van der Waals surface area contributed by atoms with Gasteiger partial charge in [-0.3, -0.25) is 10.3 Å². The summed E-state index contributed by atoms with van der Waals surface area (Å²) >= 11 is 0. The van der Waals surface area contributed by atoms with Gasteiger partial charge >= 0.3 is 0 Å². The Kier molecular flexibility index (Phi) is 3.61. The molecule has 0 aromatic carbocycles. The number of nitrogens with zero attached hydrogens (tertiary/aromatic N) is 2. The van der Waals surface area contributed by atoms with Gasteiger partial charge in [-0.05, 0) is 13.8 Å². The minimum Gasteiger partial charge on any atom is -0.386 e. The van der Waals surface area contributed by atoms with Crippen LogP contribution in [0.3, 0.4) is 0 Å². The molecule has 0 aromatic rings. The lowest BCUT2D eigenvalue weighted by atomic mass is 10.0. The Morgan fingerprint density at radius 1 is 1.25 bits per heavy atom. The van der Waals surface area contributed by atoms with Crippen molar-refractivity contribution in [3.8, 4) is 0 Å². The number of sulfonamides is 1. The van der Waals surface area contributed by atoms with Gasteiger partial charge in [0.15, 0.2) is 0 Å². The van der Waals surface area contributed by atoms with E-state index in [9.17, 15) is 8.42 Å². The molecule has 0 amide bonds. The van der Waals surface area contributed by atoms with Crippen molar-refractivity contribution in [3.05, 3.63) is 0 Å². The van der Waals surface area contributed by atoms with E-state index in [1.165, 1.54) is 10.6 Å². The first kappa shape index (κ1) is 13.4. The Hall–Kier alpha value is -0.660. The highest BCUT2D eigenvalue weighted by molar-refractivity contribution is 7.88. The van der Waals surface area contributed by atoms with Crippen molar-refractivity contribution in [2.75, 3.05) is 32.4 Å². The summed E-state index contributed by atoms with van der Waals surface area (Å²) in [4.78, 5) is 2.04. The summed E-state index contributed by atoms with van der Waals surface area (Å²) < 4.78 is 24.1. The van der Waals surface area contributed by atoms with Gasteiger partial charge in [0.05, 0.1) is 11.8 Å². The molecule has 0 aliphatic carbocycles. The highest BCUT2D eigenvalue weighted by Crippen LogP contribution is 2.17. The molecule has 1 fully saturated rings. The van der Waals surface area contributed by atoms with Crippen LogP contribution in [-0.4, -0.2) is 61.4 Å². The first-order valence-electron chi connectivity index (χ1n) is 5.20. The molecular formula is C9H20N4O2S. The minimum atomic E-state index is -3.09. The second-order valence-corrected chi connectivity index (χ2v) is 6.60. The number of amidine groups is 1. The first-order valence-corrected chi connectivity index (χ1v) is 7.05. The average molecular weight is 248 g/mol. The molecule has 1 rings (SSSR count). The van der Waals surface area contributed by atoms with Crippen molar-refractivity contribution in [3.63, 3.8) is 0 Å². The third-order valence-corrected chi connectivity index (χ3v) is 4.46. The summed E-state index contributed by atoms with van der Waals surface area (Å²) in [6, 6.07) is 0. The summed E-state index contributed by atoms with van der Waals surface area (Å²) in [6.07, 6.45) is 1.22. The second kappa shape index (κ2) is 4.31. The monoisotopic (exact) mass is 248 g/mol. The molecule has 1 aliphatic heterocycles. The molecule has 3 N–H and O–H groups in total. The largest absolute Gasteiger partial charge is 0.386 e. The molecule has 0 spiro atoms. The molecule has 0 atom stereocenters. The van der Waals surface area contributed by atoms with E-state index < -0.39 is 15.6 Å². The number of piperazine rings is 1. The summed E-state index contributed by atoms with van der Waals surface area (Å²) in [5.74, 6) is 0.111. The Morgan fingerprint density at radius 3 is 2.00 bits per heavy atom. The molecule has 0 aromatic heterocycles. The van der Waals surface area contributed by atoms with Crippen molar-refractivity contribution in [1.29, 1.82) is 5.41 Å². The van der Waals surface area contributed by atoms with E-state index >= 15 is 0 Å². The van der Waals surface area contributed by atoms with Gasteiger partial charge < -0.3 is 5.73 Å². The highest BCUT2D eigenvalue weighted by Gasteiger charge is 2.34. The molecule has 0 radical (unpaired) electrons. The molecular weight excluding hydrogens is 228 g/mol. The predicted molar refractivity (Wildman–Crippen MR) is 64.0 cm³/mol. The van der Waals surface area contributed by atoms with Crippen LogP contribution in [0.15, 0.2) is 0 Å². The zero-order valence-electron chi connectivity index (χ0n) is 10.0. The second-order valence-electron chi connectivity index (χ2n) is 4.62. The SMILES string of the molecule is CC(C)(C(=N)N)N1CCN(S(C)(=O)=O)CC1. The van der Waals surface area contributed by atoms with E-state index in [0.717, 1.165) is 0 Å². The van der Waals surface area contributed by atoms with Crippen LogP contribution in [0.2, 0.25) is 0 Å². The van der Waals surface area contributed by atoms with Crippen molar-refractivity contribution in [1.82, 2.24) is 9.21 Å². The maximum atomic E-state index is 11.3. The summed E-state index contributed by atoms with van der Waals surface area (Å²) in [7, 11) is -3.09. The van der Waals surface area contributed by atoms with Crippen LogP contribution in [0.5, 0.6) is 0 Å². The fourth-order valence-corrected chi connectivity index (χ4v) is 2.58. The Balaban J connectivity index is 2.66.